The number of carbonyl (C=O) groups is 2. The molecule has 0 fully saturated rings. The maximum atomic E-state index is 12.8. The van der Waals surface area contributed by atoms with Gasteiger partial charge in [0.05, 0.1) is 37.8 Å². The third-order valence-corrected chi connectivity index (χ3v) is 5.04. The number of aromatic nitrogens is 3. The van der Waals surface area contributed by atoms with Crippen molar-refractivity contribution in [3.05, 3.63) is 59.9 Å². The van der Waals surface area contributed by atoms with Crippen LogP contribution in [0.1, 0.15) is 18.2 Å². The number of hydrogen-bond acceptors (Lipinski definition) is 6. The van der Waals surface area contributed by atoms with E-state index >= 15 is 0 Å². The summed E-state index contributed by atoms with van der Waals surface area (Å²) in [5.41, 5.74) is 4.61. The van der Waals surface area contributed by atoms with Gasteiger partial charge in [0.25, 0.3) is 0 Å². The van der Waals surface area contributed by atoms with Gasteiger partial charge in [-0.3, -0.25) is 4.79 Å². The zero-order valence-electron chi connectivity index (χ0n) is 17.4. The fraction of sp³-hybridized carbons (Fsp3) is 0.273. The topological polar surface area (TPSA) is 98.6 Å². The summed E-state index contributed by atoms with van der Waals surface area (Å²) in [6.07, 6.45) is 1.64. The SMILES string of the molecule is CCOC(=O)CNC(=O)N1Cc2cc(-c3ccc(OC)cc3)ccc2-n2nncc2C1. The van der Waals surface area contributed by atoms with Crippen LogP contribution in [0.2, 0.25) is 0 Å². The van der Waals surface area contributed by atoms with E-state index in [9.17, 15) is 9.59 Å². The van der Waals surface area contributed by atoms with Crippen molar-refractivity contribution in [2.24, 2.45) is 0 Å². The lowest BCUT2D eigenvalue weighted by Crippen LogP contribution is -2.41. The second-order valence-electron chi connectivity index (χ2n) is 7.03. The van der Waals surface area contributed by atoms with Crippen LogP contribution in [-0.2, 0) is 22.6 Å². The Morgan fingerprint density at radius 1 is 1.10 bits per heavy atom. The predicted octanol–water partition coefficient (Wildman–Crippen LogP) is 2.53. The number of benzene rings is 2. The van der Waals surface area contributed by atoms with Crippen molar-refractivity contribution >= 4 is 12.0 Å². The number of amides is 2. The predicted molar refractivity (Wildman–Crippen MR) is 113 cm³/mol. The summed E-state index contributed by atoms with van der Waals surface area (Å²) in [4.78, 5) is 26.0. The lowest BCUT2D eigenvalue weighted by Gasteiger charge is -2.21. The molecule has 160 valence electrons. The number of rotatable bonds is 5. The number of nitrogens with zero attached hydrogens (tertiary/aromatic N) is 4. The molecule has 0 radical (unpaired) electrons. The average molecular weight is 421 g/mol. The molecule has 0 saturated heterocycles. The minimum atomic E-state index is -0.473. The highest BCUT2D eigenvalue weighted by Crippen LogP contribution is 2.29. The molecular formula is C22H23N5O4. The smallest absolute Gasteiger partial charge is 0.325 e. The number of urea groups is 1. The highest BCUT2D eigenvalue weighted by atomic mass is 16.5. The highest BCUT2D eigenvalue weighted by molar-refractivity contribution is 5.81. The van der Waals surface area contributed by atoms with Gasteiger partial charge >= 0.3 is 12.0 Å². The molecule has 1 aliphatic rings. The van der Waals surface area contributed by atoms with Gasteiger partial charge in [-0.1, -0.05) is 23.4 Å². The van der Waals surface area contributed by atoms with Crippen molar-refractivity contribution < 1.29 is 19.1 Å². The fourth-order valence-electron chi connectivity index (χ4n) is 3.52. The summed E-state index contributed by atoms with van der Waals surface area (Å²) in [6, 6.07) is 13.5. The number of esters is 1. The van der Waals surface area contributed by atoms with Crippen LogP contribution < -0.4 is 10.1 Å². The number of carbonyl (C=O) groups excluding carboxylic acids is 2. The van der Waals surface area contributed by atoms with Crippen molar-refractivity contribution in [2.75, 3.05) is 20.3 Å². The second kappa shape index (κ2) is 8.86. The van der Waals surface area contributed by atoms with E-state index in [0.717, 1.165) is 33.8 Å². The molecule has 2 aromatic carbocycles. The van der Waals surface area contributed by atoms with Crippen LogP contribution in [-0.4, -0.2) is 52.2 Å². The van der Waals surface area contributed by atoms with Crippen LogP contribution in [0.4, 0.5) is 4.79 Å². The molecule has 2 amide bonds. The first-order valence-corrected chi connectivity index (χ1v) is 9.94. The molecule has 0 spiro atoms. The van der Waals surface area contributed by atoms with E-state index in [1.807, 2.05) is 42.5 Å². The van der Waals surface area contributed by atoms with E-state index in [2.05, 4.69) is 15.6 Å². The summed E-state index contributed by atoms with van der Waals surface area (Å²) in [7, 11) is 1.63. The lowest BCUT2D eigenvalue weighted by molar-refractivity contribution is -0.141. The Bertz CT molecular complexity index is 1090. The third-order valence-electron chi connectivity index (χ3n) is 5.04. The van der Waals surface area contributed by atoms with Crippen molar-refractivity contribution in [3.8, 4) is 22.6 Å². The quantitative estimate of drug-likeness (QED) is 0.636. The van der Waals surface area contributed by atoms with Crippen LogP contribution in [0.25, 0.3) is 16.8 Å². The average Bonchev–Trinajstić information content (AvgIpc) is 3.19. The molecule has 0 unspecified atom stereocenters. The minimum absolute atomic E-state index is 0.181. The van der Waals surface area contributed by atoms with E-state index in [-0.39, 0.29) is 19.2 Å². The molecule has 0 bridgehead atoms. The molecule has 1 aromatic heterocycles. The minimum Gasteiger partial charge on any atom is -0.497 e. The first-order chi connectivity index (χ1) is 15.1. The normalized spacial score (nSPS) is 12.4. The monoisotopic (exact) mass is 421 g/mol. The van der Waals surface area contributed by atoms with Gasteiger partial charge in [0.1, 0.15) is 12.3 Å². The highest BCUT2D eigenvalue weighted by Gasteiger charge is 2.24. The van der Waals surface area contributed by atoms with Gasteiger partial charge < -0.3 is 19.7 Å². The van der Waals surface area contributed by atoms with Crippen LogP contribution in [0.15, 0.2) is 48.7 Å². The molecule has 4 rings (SSSR count). The van der Waals surface area contributed by atoms with E-state index in [1.165, 1.54) is 0 Å². The summed E-state index contributed by atoms with van der Waals surface area (Å²) in [5.74, 6) is 0.315. The standard InChI is InChI=1S/C22H23N5O4/c1-3-31-21(28)12-23-22(29)26-13-17-10-16(15-4-7-19(30-2)8-5-15)6-9-20(17)27-18(14-26)11-24-25-27/h4-11H,3,12-14H2,1-2H3,(H,23,29). The van der Waals surface area contributed by atoms with Crippen LogP contribution in [0.3, 0.4) is 0 Å². The molecule has 1 aliphatic heterocycles. The second-order valence-corrected chi connectivity index (χ2v) is 7.03. The molecular weight excluding hydrogens is 398 g/mol. The maximum absolute atomic E-state index is 12.8. The summed E-state index contributed by atoms with van der Waals surface area (Å²) < 4.78 is 11.9. The zero-order chi connectivity index (χ0) is 21.8. The molecule has 2 heterocycles. The Morgan fingerprint density at radius 2 is 1.87 bits per heavy atom. The first kappa shape index (κ1) is 20.4. The Hall–Kier alpha value is -3.88. The Morgan fingerprint density at radius 3 is 2.61 bits per heavy atom. The number of methoxy groups -OCH3 is 1. The summed E-state index contributed by atoms with van der Waals surface area (Å²) in [5, 5.41) is 10.8. The van der Waals surface area contributed by atoms with Gasteiger partial charge in [0.2, 0.25) is 0 Å². The van der Waals surface area contributed by atoms with Crippen LogP contribution in [0, 0.1) is 0 Å². The van der Waals surface area contributed by atoms with Gasteiger partial charge in [0, 0.05) is 6.54 Å². The molecule has 1 N–H and O–H groups in total. The molecule has 0 saturated carbocycles. The lowest BCUT2D eigenvalue weighted by atomic mass is 10.0. The van der Waals surface area contributed by atoms with E-state index in [4.69, 9.17) is 9.47 Å². The van der Waals surface area contributed by atoms with Crippen LogP contribution in [0.5, 0.6) is 5.75 Å². The Labute approximate surface area is 179 Å². The van der Waals surface area contributed by atoms with Crippen molar-refractivity contribution in [1.82, 2.24) is 25.2 Å². The van der Waals surface area contributed by atoms with Gasteiger partial charge in [0.15, 0.2) is 0 Å². The summed E-state index contributed by atoms with van der Waals surface area (Å²) in [6.45, 7) is 2.48. The van der Waals surface area contributed by atoms with E-state index in [1.54, 1.807) is 29.8 Å². The van der Waals surface area contributed by atoms with Gasteiger partial charge in [-0.25, -0.2) is 9.48 Å². The largest absolute Gasteiger partial charge is 0.497 e. The zero-order valence-corrected chi connectivity index (χ0v) is 17.4. The molecule has 9 nitrogen and oxygen atoms in total. The van der Waals surface area contributed by atoms with E-state index < -0.39 is 5.97 Å². The molecule has 0 atom stereocenters. The van der Waals surface area contributed by atoms with Crippen LogP contribution >= 0.6 is 0 Å². The first-order valence-electron chi connectivity index (χ1n) is 9.94. The van der Waals surface area contributed by atoms with Gasteiger partial charge in [-0.15, -0.1) is 5.10 Å². The molecule has 31 heavy (non-hydrogen) atoms. The molecule has 0 aliphatic carbocycles. The van der Waals surface area contributed by atoms with Gasteiger partial charge in [-0.2, -0.15) is 0 Å². The van der Waals surface area contributed by atoms with Crippen molar-refractivity contribution in [2.45, 2.75) is 20.0 Å². The fourth-order valence-corrected chi connectivity index (χ4v) is 3.52. The Kier molecular flexibility index (Phi) is 5.83. The van der Waals surface area contributed by atoms with Crippen molar-refractivity contribution in [1.29, 1.82) is 0 Å². The van der Waals surface area contributed by atoms with E-state index in [0.29, 0.717) is 13.1 Å². The van der Waals surface area contributed by atoms with Crippen molar-refractivity contribution in [3.63, 3.8) is 0 Å². The summed E-state index contributed by atoms with van der Waals surface area (Å²) >= 11 is 0. The van der Waals surface area contributed by atoms with Gasteiger partial charge in [-0.05, 0) is 47.9 Å². The maximum Gasteiger partial charge on any atom is 0.325 e. The molecule has 9 heteroatoms. The number of nitrogens with one attached hydrogen (secondary N) is 1. The Balaban J connectivity index is 1.62. The number of hydrogen-bond donors (Lipinski definition) is 1. The number of ether oxygens (including phenoxy) is 2. The third kappa shape index (κ3) is 4.35. The molecule has 3 aromatic rings. The number of fused-ring (bicyclic) bond motifs is 3.